The van der Waals surface area contributed by atoms with Gasteiger partial charge >= 0.3 is 0 Å². The molecule has 2 aromatic heterocycles. The SMILES string of the molecule is CN(C)CCCO.CN(C)CCCOc1ccc(N)c(N)c1.CN(C)CCCOc1ccc([N+](=O)[O-])c(N)c1.CN(C)CCCOc1ccc2nc(-c3ccc(-c4nc5ccc(OCCCN(C)C)cc5[nH]4)cc3)[nH]c2c1.COc1ccc(C=O)cc1.Nc1cc(F)ccc1[N+](=O)[O-].[CH3-].[Pd]. The molecular weight excluding hydrogens is 1380 g/mol. The molecule has 0 saturated heterocycles. The van der Waals surface area contributed by atoms with Crippen molar-refractivity contribution < 1.29 is 68.2 Å². The molecule has 0 aliphatic heterocycles. The molecule has 11 N–H and O–H groups in total. The van der Waals surface area contributed by atoms with E-state index < -0.39 is 15.7 Å². The molecule has 9 aromatic rings. The quantitative estimate of drug-likeness (QED) is 0.00435. The number of methoxy groups -OCH3 is 1. The van der Waals surface area contributed by atoms with E-state index in [1.807, 2.05) is 84.8 Å². The van der Waals surface area contributed by atoms with Crippen LogP contribution in [-0.4, -0.2) is 209 Å². The van der Waals surface area contributed by atoms with Gasteiger partial charge in [-0.25, -0.2) is 14.4 Å². The number of nitrogen functional groups attached to an aromatic ring is 4. The summed E-state index contributed by atoms with van der Waals surface area (Å²) in [5, 5.41) is 29.0. The number of aliphatic hydroxyl groups excluding tert-OH is 1. The molecule has 0 spiro atoms. The molecule has 26 nitrogen and oxygen atoms in total. The van der Waals surface area contributed by atoms with Gasteiger partial charge in [-0.2, -0.15) is 0 Å². The maximum atomic E-state index is 12.3. The topological polar surface area (TPSA) is 347 Å². The third-order valence-corrected chi connectivity index (χ3v) is 13.9. The van der Waals surface area contributed by atoms with Crippen LogP contribution < -0.4 is 46.6 Å². The number of carbonyl (C=O) groups excluding carboxylic acids is 1. The van der Waals surface area contributed by atoms with E-state index >= 15 is 0 Å². The van der Waals surface area contributed by atoms with Crippen LogP contribution >= 0.6 is 0 Å². The number of nitrogens with zero attached hydrogens (tertiary/aromatic N) is 9. The molecule has 0 unspecified atom stereocenters. The number of hydrogen-bond donors (Lipinski definition) is 7. The van der Waals surface area contributed by atoms with Crippen molar-refractivity contribution in [3.8, 4) is 51.5 Å². The Kier molecular flexibility index (Phi) is 40.5. The largest absolute Gasteiger partial charge is 0.497 e. The third-order valence-electron chi connectivity index (χ3n) is 13.9. The van der Waals surface area contributed by atoms with E-state index in [0.717, 1.165) is 157 Å². The molecule has 0 atom stereocenters. The molecular formula is C72H101FN15O11Pd-. The van der Waals surface area contributed by atoms with Crippen molar-refractivity contribution in [2.24, 2.45) is 0 Å². The van der Waals surface area contributed by atoms with Crippen molar-refractivity contribution in [3.63, 3.8) is 0 Å². The van der Waals surface area contributed by atoms with Crippen LogP contribution in [0.25, 0.3) is 44.8 Å². The van der Waals surface area contributed by atoms with Gasteiger partial charge in [-0.1, -0.05) is 24.3 Å². The van der Waals surface area contributed by atoms with Gasteiger partial charge in [-0.15, -0.1) is 0 Å². The number of aliphatic hydroxyl groups is 1. The van der Waals surface area contributed by atoms with Crippen LogP contribution in [0, 0.1) is 33.5 Å². The number of aldehydes is 1. The van der Waals surface area contributed by atoms with Gasteiger partial charge in [0.15, 0.2) is 0 Å². The average Bonchev–Trinajstić information content (AvgIpc) is 1.66. The summed E-state index contributed by atoms with van der Waals surface area (Å²) in [5.74, 6) is 4.91. The van der Waals surface area contributed by atoms with Crippen LogP contribution in [0.1, 0.15) is 42.5 Å². The average molecular weight is 1480 g/mol. The van der Waals surface area contributed by atoms with E-state index in [-0.39, 0.29) is 50.6 Å². The van der Waals surface area contributed by atoms with E-state index in [1.54, 1.807) is 49.6 Å². The van der Waals surface area contributed by atoms with Gasteiger partial charge in [-0.3, -0.25) is 25.0 Å². The van der Waals surface area contributed by atoms with E-state index in [0.29, 0.717) is 55.7 Å². The number of hydrogen-bond acceptors (Lipinski definition) is 22. The van der Waals surface area contributed by atoms with Gasteiger partial charge in [0.1, 0.15) is 63.9 Å². The Labute approximate surface area is 600 Å². The molecule has 2 heterocycles. The van der Waals surface area contributed by atoms with E-state index in [1.165, 1.54) is 12.1 Å². The normalized spacial score (nSPS) is 10.5. The summed E-state index contributed by atoms with van der Waals surface area (Å²) in [6.07, 6.45) is 5.55. The number of rotatable bonds is 29. The number of nitro groups is 2. The van der Waals surface area contributed by atoms with Crippen LogP contribution in [0.5, 0.6) is 28.7 Å². The fraction of sp³-hybridized carbons (Fsp3) is 0.361. The zero-order valence-electron chi connectivity index (χ0n) is 59.5. The Hall–Kier alpha value is -9.50. The molecule has 548 valence electrons. The Bertz CT molecular complexity index is 3710. The molecule has 100 heavy (non-hydrogen) atoms. The molecule has 0 aliphatic carbocycles. The summed E-state index contributed by atoms with van der Waals surface area (Å²) in [5.41, 5.74) is 29.2. The molecule has 0 fully saturated rings. The summed E-state index contributed by atoms with van der Waals surface area (Å²) in [6.45, 7) is 7.90. The van der Waals surface area contributed by atoms with Crippen LogP contribution in [0.15, 0.2) is 140 Å². The van der Waals surface area contributed by atoms with Gasteiger partial charge in [0, 0.05) is 112 Å². The number of aromatic nitrogens is 4. The van der Waals surface area contributed by atoms with Crippen molar-refractivity contribution in [2.45, 2.75) is 32.1 Å². The Morgan fingerprint density at radius 1 is 0.470 bits per heavy atom. The molecule has 7 aromatic carbocycles. The molecule has 0 radical (unpaired) electrons. The number of ether oxygens (including phenoxy) is 5. The van der Waals surface area contributed by atoms with Crippen LogP contribution in [0.2, 0.25) is 0 Å². The maximum absolute atomic E-state index is 12.3. The zero-order chi connectivity index (χ0) is 72.1. The second-order valence-electron chi connectivity index (χ2n) is 23.6. The van der Waals surface area contributed by atoms with Crippen molar-refractivity contribution in [1.82, 2.24) is 44.4 Å². The number of anilines is 4. The molecule has 0 saturated carbocycles. The second kappa shape index (κ2) is 46.7. The van der Waals surface area contributed by atoms with Crippen molar-refractivity contribution in [3.05, 3.63) is 179 Å². The predicted molar refractivity (Wildman–Crippen MR) is 397 cm³/mol. The summed E-state index contributed by atoms with van der Waals surface area (Å²) in [6, 6.07) is 39.9. The summed E-state index contributed by atoms with van der Waals surface area (Å²) >= 11 is 0. The van der Waals surface area contributed by atoms with Crippen LogP contribution in [0.4, 0.5) is 38.5 Å². The number of carbonyl (C=O) groups is 1. The van der Waals surface area contributed by atoms with E-state index in [4.69, 9.17) is 61.7 Å². The predicted octanol–water partition coefficient (Wildman–Crippen LogP) is 11.3. The second-order valence-corrected chi connectivity index (χ2v) is 23.6. The van der Waals surface area contributed by atoms with Gasteiger partial charge in [0.05, 0.1) is 76.8 Å². The molecule has 9 rings (SSSR count). The first-order chi connectivity index (χ1) is 46.8. The number of fused-ring (bicyclic) bond motifs is 2. The fourth-order valence-corrected chi connectivity index (χ4v) is 8.69. The van der Waals surface area contributed by atoms with Gasteiger partial charge in [0.25, 0.3) is 11.4 Å². The van der Waals surface area contributed by atoms with E-state index in [2.05, 4.69) is 86.9 Å². The number of benzene rings is 7. The number of halogens is 1. The number of aromatic amines is 2. The Balaban J connectivity index is 0.000000457. The number of nitrogens with two attached hydrogens (primary N) is 4. The van der Waals surface area contributed by atoms with Crippen molar-refractivity contribution >= 4 is 62.5 Å². The third kappa shape index (κ3) is 32.9. The molecule has 28 heteroatoms. The molecule has 0 bridgehead atoms. The van der Waals surface area contributed by atoms with E-state index in [9.17, 15) is 29.4 Å². The maximum Gasteiger partial charge on any atom is 0.292 e. The number of H-pyrrole nitrogens is 2. The van der Waals surface area contributed by atoms with Crippen LogP contribution in [0.3, 0.4) is 0 Å². The number of imidazole rings is 2. The summed E-state index contributed by atoms with van der Waals surface area (Å²) < 4.78 is 40.0. The Morgan fingerprint density at radius 2 is 0.810 bits per heavy atom. The first-order valence-electron chi connectivity index (χ1n) is 31.7. The fourth-order valence-electron chi connectivity index (χ4n) is 8.69. The molecule has 0 amide bonds. The monoisotopic (exact) mass is 1480 g/mol. The molecule has 0 aliphatic rings. The number of nitrogens with one attached hydrogen (secondary N) is 2. The minimum atomic E-state index is -0.658. The van der Waals surface area contributed by atoms with Gasteiger partial charge < -0.3 is 93.6 Å². The van der Waals surface area contributed by atoms with Gasteiger partial charge in [-0.05, 0) is 182 Å². The minimum Gasteiger partial charge on any atom is -0.497 e. The Morgan fingerprint density at radius 3 is 1.14 bits per heavy atom. The zero-order valence-corrected chi connectivity index (χ0v) is 61.1. The van der Waals surface area contributed by atoms with Crippen molar-refractivity contribution in [1.29, 1.82) is 0 Å². The standard InChI is InChI=1S/C30H36N6O2.C11H17N3O3.C11H19N3O.C8H8O2.C6H5FN2O2.C5H13NO.CH3.Pd/c1-35(2)15-5-17-37-23-11-13-25-27(19-23)33-29(31-25)21-7-9-22(10-8-21)30-32-26-14-12-24(20-28(26)34-30)38-18-6-16-36(3)4;1-13(2)6-3-7-17-9-4-5-11(14(15)16)10(12)8-9;1-14(2)6-3-7-15-9-4-5-10(12)11(13)8-9;1-10-8-4-2-7(6-9)3-5-8;7-4-1-2-6(9(10)11)5(8)3-4;1-6(2)4-3-5-7;;/h7-14,19-20H,5-6,15-18H2,1-4H3,(H,31,33)(H,32,34);4-5,8H,3,6-7,12H2,1-2H3;4-5,8H,3,6-7,12-13H2,1-2H3;2-6H,1H3;1-3H,8H2;7H,3-5H2,1-2H3;1H3;/q;;;;;;-1;. The minimum absolute atomic E-state index is 0. The summed E-state index contributed by atoms with van der Waals surface area (Å²) in [7, 11) is 21.9. The summed E-state index contributed by atoms with van der Waals surface area (Å²) in [4.78, 5) is 56.7. The first-order valence-corrected chi connectivity index (χ1v) is 31.7. The van der Waals surface area contributed by atoms with Gasteiger partial charge in [0.2, 0.25) is 0 Å². The smallest absolute Gasteiger partial charge is 0.292 e. The van der Waals surface area contributed by atoms with Crippen molar-refractivity contribution in [2.75, 3.05) is 166 Å². The number of nitro benzene ring substituents is 2. The van der Waals surface area contributed by atoms with Crippen LogP contribution in [-0.2, 0) is 20.4 Å². The first kappa shape index (κ1) is 86.6.